The minimum absolute atomic E-state index is 0.180. The van der Waals surface area contributed by atoms with Crippen LogP contribution in [0.5, 0.6) is 0 Å². The molecule has 1 aliphatic rings. The highest BCUT2D eigenvalue weighted by molar-refractivity contribution is 7.20. The van der Waals surface area contributed by atoms with Gasteiger partial charge in [-0.2, -0.15) is 0 Å². The van der Waals surface area contributed by atoms with E-state index in [1.54, 1.807) is 0 Å². The van der Waals surface area contributed by atoms with Crippen molar-refractivity contribution in [3.05, 3.63) is 87.3 Å². The molecule has 3 aromatic rings. The summed E-state index contributed by atoms with van der Waals surface area (Å²) in [5.74, 6) is 0. The lowest BCUT2D eigenvalue weighted by Gasteiger charge is -2.29. The molecule has 0 radical (unpaired) electrons. The van der Waals surface area contributed by atoms with E-state index in [-0.39, 0.29) is 6.61 Å². The molecule has 6 nitrogen and oxygen atoms in total. The van der Waals surface area contributed by atoms with Crippen molar-refractivity contribution >= 4 is 27.0 Å². The molecular formula is C23H24N2O4S. The molecule has 0 N–H and O–H groups in total. The van der Waals surface area contributed by atoms with Crippen LogP contribution in [0.2, 0.25) is 0 Å². The summed E-state index contributed by atoms with van der Waals surface area (Å²) in [6, 6.07) is 20.4. The average Bonchev–Trinajstić information content (AvgIpc) is 3.19. The molecule has 2 heterocycles. The maximum atomic E-state index is 10.9. The quantitative estimate of drug-likeness (QED) is 0.365. The molecule has 0 fully saturated rings. The van der Waals surface area contributed by atoms with Crippen LogP contribution in [-0.4, -0.2) is 42.3 Å². The van der Waals surface area contributed by atoms with Gasteiger partial charge < -0.3 is 9.57 Å². The Morgan fingerprint density at radius 1 is 1.13 bits per heavy atom. The Morgan fingerprint density at radius 3 is 2.67 bits per heavy atom. The van der Waals surface area contributed by atoms with Crippen molar-refractivity contribution in [2.45, 2.75) is 19.1 Å². The molecule has 0 spiro atoms. The van der Waals surface area contributed by atoms with Crippen molar-refractivity contribution in [3.8, 4) is 0 Å². The number of rotatable bonds is 9. The average molecular weight is 425 g/mol. The van der Waals surface area contributed by atoms with E-state index < -0.39 is 11.2 Å². The first-order valence-corrected chi connectivity index (χ1v) is 10.8. The molecule has 0 saturated heterocycles. The fraction of sp³-hybridized carbons (Fsp3) is 0.304. The number of thiophene rings is 1. The van der Waals surface area contributed by atoms with Gasteiger partial charge >= 0.3 is 0 Å². The summed E-state index contributed by atoms with van der Waals surface area (Å²) in [4.78, 5) is 19.3. The van der Waals surface area contributed by atoms with Crippen molar-refractivity contribution in [2.24, 2.45) is 0 Å². The summed E-state index contributed by atoms with van der Waals surface area (Å²) in [5.41, 5.74) is 2.38. The second kappa shape index (κ2) is 9.84. The van der Waals surface area contributed by atoms with Crippen LogP contribution in [0.25, 0.3) is 15.7 Å². The zero-order valence-corrected chi connectivity index (χ0v) is 17.4. The summed E-state index contributed by atoms with van der Waals surface area (Å²) in [6.45, 7) is 2.65. The van der Waals surface area contributed by atoms with Crippen LogP contribution in [0.15, 0.2) is 66.7 Å². The van der Waals surface area contributed by atoms with Gasteiger partial charge in [0.1, 0.15) is 6.10 Å². The van der Waals surface area contributed by atoms with Crippen LogP contribution >= 0.6 is 11.3 Å². The summed E-state index contributed by atoms with van der Waals surface area (Å²) < 4.78 is 6.98. The second-order valence-corrected chi connectivity index (χ2v) is 8.42. The smallest absolute Gasteiger partial charge is 0.294 e. The Labute approximate surface area is 179 Å². The van der Waals surface area contributed by atoms with Crippen LogP contribution in [-0.2, 0) is 16.2 Å². The van der Waals surface area contributed by atoms with Crippen LogP contribution in [0.3, 0.4) is 0 Å². The number of ether oxygens (including phenoxy) is 1. The lowest BCUT2D eigenvalue weighted by Crippen LogP contribution is -2.39. The molecule has 2 aromatic carbocycles. The molecule has 156 valence electrons. The monoisotopic (exact) mass is 424 g/mol. The van der Waals surface area contributed by atoms with Gasteiger partial charge in [0.2, 0.25) is 0 Å². The summed E-state index contributed by atoms with van der Waals surface area (Å²) in [5, 5.41) is 11.5. The van der Waals surface area contributed by atoms with Crippen molar-refractivity contribution < 1.29 is 14.7 Å². The van der Waals surface area contributed by atoms with Gasteiger partial charge in [-0.05, 0) is 35.1 Å². The largest absolute Gasteiger partial charge is 0.374 e. The molecule has 0 bridgehead atoms. The maximum Gasteiger partial charge on any atom is 0.294 e. The highest BCUT2D eigenvalue weighted by Gasteiger charge is 2.21. The predicted molar refractivity (Wildman–Crippen MR) is 119 cm³/mol. The van der Waals surface area contributed by atoms with E-state index in [0.717, 1.165) is 25.1 Å². The van der Waals surface area contributed by atoms with Crippen molar-refractivity contribution in [1.29, 1.82) is 0 Å². The third-order valence-electron chi connectivity index (χ3n) is 5.15. The zero-order valence-electron chi connectivity index (χ0n) is 16.6. The van der Waals surface area contributed by atoms with Crippen molar-refractivity contribution in [1.82, 2.24) is 4.90 Å². The van der Waals surface area contributed by atoms with Crippen LogP contribution < -0.4 is 0 Å². The topological polar surface area (TPSA) is 64.8 Å². The van der Waals surface area contributed by atoms with Gasteiger partial charge in [0, 0.05) is 29.2 Å². The molecule has 1 aliphatic heterocycles. The van der Waals surface area contributed by atoms with Gasteiger partial charge in [0.25, 0.3) is 5.09 Å². The Balaban J connectivity index is 1.32. The Morgan fingerprint density at radius 2 is 1.93 bits per heavy atom. The highest BCUT2D eigenvalue weighted by Crippen LogP contribution is 2.33. The molecule has 7 heteroatoms. The number of hydrogen-bond donors (Lipinski definition) is 0. The van der Waals surface area contributed by atoms with E-state index in [1.165, 1.54) is 20.5 Å². The van der Waals surface area contributed by atoms with Crippen molar-refractivity contribution in [3.63, 3.8) is 0 Å². The summed E-state index contributed by atoms with van der Waals surface area (Å²) in [6.07, 6.45) is 2.54. The Bertz CT molecular complexity index is 985. The van der Waals surface area contributed by atoms with E-state index in [2.05, 4.69) is 41.3 Å². The van der Waals surface area contributed by atoms with Gasteiger partial charge in [0.15, 0.2) is 0 Å². The molecule has 0 saturated carbocycles. The predicted octanol–water partition coefficient (Wildman–Crippen LogP) is 4.78. The van der Waals surface area contributed by atoms with E-state index in [1.807, 2.05) is 41.7 Å². The third kappa shape index (κ3) is 5.44. The molecule has 1 atom stereocenters. The van der Waals surface area contributed by atoms with Crippen LogP contribution in [0.4, 0.5) is 0 Å². The lowest BCUT2D eigenvalue weighted by molar-refractivity contribution is -0.769. The lowest BCUT2D eigenvalue weighted by atomic mass is 10.1. The number of fused-ring (bicyclic) bond motifs is 1. The Hall–Kier alpha value is -2.74. The van der Waals surface area contributed by atoms with Gasteiger partial charge in [-0.1, -0.05) is 54.6 Å². The minimum Gasteiger partial charge on any atom is -0.374 e. The molecule has 30 heavy (non-hydrogen) atoms. The van der Waals surface area contributed by atoms with E-state index in [0.29, 0.717) is 13.2 Å². The first kappa shape index (κ1) is 20.5. The number of hydrogen-bond acceptors (Lipinski definition) is 6. The third-order valence-corrected chi connectivity index (χ3v) is 6.34. The summed E-state index contributed by atoms with van der Waals surface area (Å²) >= 11 is 1.82. The number of nitrogens with zero attached hydrogens (tertiary/aromatic N) is 2. The van der Waals surface area contributed by atoms with Gasteiger partial charge in [-0.15, -0.1) is 21.5 Å². The van der Waals surface area contributed by atoms with Crippen LogP contribution in [0, 0.1) is 10.1 Å². The maximum absolute atomic E-state index is 10.9. The van der Waals surface area contributed by atoms with Gasteiger partial charge in [0.05, 0.1) is 13.2 Å². The van der Waals surface area contributed by atoms with E-state index >= 15 is 0 Å². The first-order chi connectivity index (χ1) is 14.7. The zero-order chi connectivity index (χ0) is 20.8. The minimum atomic E-state index is -0.723. The van der Waals surface area contributed by atoms with Crippen LogP contribution in [0.1, 0.15) is 16.9 Å². The molecule has 1 aromatic heterocycles. The van der Waals surface area contributed by atoms with Gasteiger partial charge in [-0.25, -0.2) is 0 Å². The SMILES string of the molecule is O=[N+]([O-])OC(COCc1ccccc1)CN1CC=C(c2cc3ccccc3s2)CC1. The van der Waals surface area contributed by atoms with E-state index in [9.17, 15) is 10.1 Å². The first-order valence-electron chi connectivity index (χ1n) is 10.0. The highest BCUT2D eigenvalue weighted by atomic mass is 32.1. The van der Waals surface area contributed by atoms with Gasteiger partial charge in [-0.3, -0.25) is 4.90 Å². The Kier molecular flexibility index (Phi) is 6.74. The summed E-state index contributed by atoms with van der Waals surface area (Å²) in [7, 11) is 0. The van der Waals surface area contributed by atoms with E-state index in [4.69, 9.17) is 9.57 Å². The molecule has 0 amide bonds. The normalized spacial score (nSPS) is 15.7. The fourth-order valence-corrected chi connectivity index (χ4v) is 4.78. The molecule has 4 rings (SSSR count). The standard InChI is InChI=1S/C23H24N2O4S/c26-25(27)29-21(17-28-16-18-6-2-1-3-7-18)15-24-12-10-19(11-13-24)23-14-20-8-4-5-9-22(20)30-23/h1-10,14,21H,11-13,15-17H2. The molecular weight excluding hydrogens is 400 g/mol. The fourth-order valence-electron chi connectivity index (χ4n) is 3.65. The molecule has 0 aliphatic carbocycles. The number of benzene rings is 2. The molecule has 1 unspecified atom stereocenters. The van der Waals surface area contributed by atoms with Crippen molar-refractivity contribution in [2.75, 3.05) is 26.2 Å². The second-order valence-electron chi connectivity index (χ2n) is 7.34.